The van der Waals surface area contributed by atoms with E-state index >= 15 is 0 Å². The Morgan fingerprint density at radius 2 is 1.58 bits per heavy atom. The lowest BCUT2D eigenvalue weighted by Crippen LogP contribution is -2.43. The molecule has 1 amide bonds. The van der Waals surface area contributed by atoms with Crippen molar-refractivity contribution in [2.24, 2.45) is 0 Å². The minimum atomic E-state index is -3.75. The van der Waals surface area contributed by atoms with E-state index < -0.39 is 16.0 Å². The summed E-state index contributed by atoms with van der Waals surface area (Å²) < 4.78 is 30.6. The number of rotatable bonds is 7. The number of nitrogens with zero attached hydrogens (tertiary/aromatic N) is 2. The van der Waals surface area contributed by atoms with E-state index in [9.17, 15) is 18.0 Å². The van der Waals surface area contributed by atoms with Crippen LogP contribution in [0.25, 0.3) is 10.8 Å². The number of carbonyl (C=O) groups excluding carboxylic acids is 2. The highest BCUT2D eigenvalue weighted by Crippen LogP contribution is 2.27. The maximum Gasteiger partial charge on any atom is 0.337 e. The number of esters is 1. The van der Waals surface area contributed by atoms with Gasteiger partial charge >= 0.3 is 5.97 Å². The van der Waals surface area contributed by atoms with Crippen LogP contribution in [0, 0.1) is 0 Å². The van der Waals surface area contributed by atoms with Gasteiger partial charge in [-0.25, -0.2) is 13.2 Å². The van der Waals surface area contributed by atoms with E-state index in [0.717, 1.165) is 27.0 Å². The van der Waals surface area contributed by atoms with Gasteiger partial charge in [0.15, 0.2) is 0 Å². The molecule has 0 radical (unpaired) electrons. The molecule has 0 heterocycles. The molecule has 0 unspecified atom stereocenters. The number of sulfonamides is 1. The van der Waals surface area contributed by atoms with Crippen LogP contribution >= 0.6 is 0 Å². The number of anilines is 2. The summed E-state index contributed by atoms with van der Waals surface area (Å²) in [5.41, 5.74) is 1.30. The zero-order valence-corrected chi connectivity index (χ0v) is 18.4. The van der Waals surface area contributed by atoms with Gasteiger partial charge in [-0.15, -0.1) is 0 Å². The fourth-order valence-electron chi connectivity index (χ4n) is 3.41. The maximum absolute atomic E-state index is 13.2. The summed E-state index contributed by atoms with van der Waals surface area (Å²) >= 11 is 0. The Hall–Kier alpha value is -3.39. The number of hydrogen-bond acceptors (Lipinski definition) is 5. The van der Waals surface area contributed by atoms with Crippen molar-refractivity contribution >= 4 is 44.0 Å². The lowest BCUT2D eigenvalue weighted by molar-refractivity contribution is -0.117. The SMILES string of the molecule is CCN(C(=O)CN(c1ccc(C(=O)OC)cc1)S(C)(=O)=O)c1cccc2ccccc12. The molecule has 0 aromatic heterocycles. The van der Waals surface area contributed by atoms with Crippen LogP contribution in [0.4, 0.5) is 11.4 Å². The van der Waals surface area contributed by atoms with Gasteiger partial charge in [-0.1, -0.05) is 36.4 Å². The Bertz CT molecular complexity index is 1200. The van der Waals surface area contributed by atoms with Gasteiger partial charge in [-0.2, -0.15) is 0 Å². The third-order valence-corrected chi connectivity index (χ3v) is 6.07. The summed E-state index contributed by atoms with van der Waals surface area (Å²) in [5.74, 6) is -0.886. The van der Waals surface area contributed by atoms with Crippen LogP contribution in [0.2, 0.25) is 0 Å². The monoisotopic (exact) mass is 440 g/mol. The minimum Gasteiger partial charge on any atom is -0.465 e. The molecule has 3 aromatic carbocycles. The Balaban J connectivity index is 1.94. The van der Waals surface area contributed by atoms with Crippen molar-refractivity contribution in [3.05, 3.63) is 72.3 Å². The molecule has 0 aliphatic heterocycles. The Morgan fingerprint density at radius 3 is 2.19 bits per heavy atom. The average molecular weight is 441 g/mol. The quantitative estimate of drug-likeness (QED) is 0.526. The summed E-state index contributed by atoms with van der Waals surface area (Å²) in [4.78, 5) is 26.4. The van der Waals surface area contributed by atoms with E-state index in [1.54, 1.807) is 4.90 Å². The molecule has 3 aromatic rings. The number of hydrogen-bond donors (Lipinski definition) is 0. The number of carbonyl (C=O) groups is 2. The predicted octanol–water partition coefficient (Wildman–Crippen LogP) is 3.45. The van der Waals surface area contributed by atoms with E-state index in [1.807, 2.05) is 49.4 Å². The van der Waals surface area contributed by atoms with E-state index in [0.29, 0.717) is 6.54 Å². The van der Waals surface area contributed by atoms with E-state index in [2.05, 4.69) is 4.74 Å². The third kappa shape index (κ3) is 4.86. The van der Waals surface area contributed by atoms with Crippen LogP contribution in [-0.4, -0.2) is 46.7 Å². The number of ether oxygens (including phenoxy) is 1. The Kier molecular flexibility index (Phi) is 6.60. The zero-order chi connectivity index (χ0) is 22.6. The number of amides is 1. The van der Waals surface area contributed by atoms with Crippen molar-refractivity contribution in [3.63, 3.8) is 0 Å². The predicted molar refractivity (Wildman–Crippen MR) is 122 cm³/mol. The summed E-state index contributed by atoms with van der Waals surface area (Å²) in [7, 11) is -2.48. The Morgan fingerprint density at radius 1 is 0.935 bits per heavy atom. The smallest absolute Gasteiger partial charge is 0.337 e. The molecule has 0 fully saturated rings. The first-order valence-electron chi connectivity index (χ1n) is 9.70. The van der Waals surface area contributed by atoms with Gasteiger partial charge in [0.1, 0.15) is 6.54 Å². The second kappa shape index (κ2) is 9.18. The molecule has 162 valence electrons. The van der Waals surface area contributed by atoms with Crippen LogP contribution < -0.4 is 9.21 Å². The number of fused-ring (bicyclic) bond motifs is 1. The van der Waals surface area contributed by atoms with Crippen molar-refractivity contribution in [3.8, 4) is 0 Å². The highest BCUT2D eigenvalue weighted by atomic mass is 32.2. The lowest BCUT2D eigenvalue weighted by Gasteiger charge is -2.27. The lowest BCUT2D eigenvalue weighted by atomic mass is 10.1. The van der Waals surface area contributed by atoms with Gasteiger partial charge in [-0.3, -0.25) is 9.10 Å². The zero-order valence-electron chi connectivity index (χ0n) is 17.6. The molecule has 0 spiro atoms. The number of methoxy groups -OCH3 is 1. The van der Waals surface area contributed by atoms with Gasteiger partial charge in [0, 0.05) is 11.9 Å². The van der Waals surface area contributed by atoms with Gasteiger partial charge in [0.05, 0.1) is 30.3 Å². The fourth-order valence-corrected chi connectivity index (χ4v) is 4.26. The normalized spacial score (nSPS) is 11.2. The van der Waals surface area contributed by atoms with E-state index in [-0.39, 0.29) is 23.7 Å². The van der Waals surface area contributed by atoms with Crippen LogP contribution in [0.5, 0.6) is 0 Å². The average Bonchev–Trinajstić information content (AvgIpc) is 2.77. The van der Waals surface area contributed by atoms with Gasteiger partial charge in [0.2, 0.25) is 15.9 Å². The standard InChI is InChI=1S/C23H24N2O5S/c1-4-24(21-11-7-9-17-8-5-6-10-20(17)21)22(26)16-25(31(3,28)29)19-14-12-18(13-15-19)23(27)30-2/h5-15H,4,16H2,1-3H3. The molecule has 0 bridgehead atoms. The first kappa shape index (κ1) is 22.3. The van der Waals surface area contributed by atoms with Gasteiger partial charge in [0.25, 0.3) is 0 Å². The molecule has 0 atom stereocenters. The Labute approximate surface area is 181 Å². The molecular formula is C23H24N2O5S. The first-order valence-corrected chi connectivity index (χ1v) is 11.5. The highest BCUT2D eigenvalue weighted by molar-refractivity contribution is 7.92. The maximum atomic E-state index is 13.2. The van der Waals surface area contributed by atoms with Crippen molar-refractivity contribution in [2.45, 2.75) is 6.92 Å². The molecule has 0 aliphatic rings. The number of likely N-dealkylation sites (N-methyl/N-ethyl adjacent to an activating group) is 1. The number of benzene rings is 3. The molecule has 8 heteroatoms. The molecule has 0 N–H and O–H groups in total. The van der Waals surface area contributed by atoms with Crippen LogP contribution in [0.1, 0.15) is 17.3 Å². The minimum absolute atomic E-state index is 0.289. The van der Waals surface area contributed by atoms with E-state index in [1.165, 1.54) is 31.4 Å². The second-order valence-electron chi connectivity index (χ2n) is 6.94. The van der Waals surface area contributed by atoms with Crippen LogP contribution in [0.15, 0.2) is 66.7 Å². The van der Waals surface area contributed by atoms with Crippen molar-refractivity contribution in [1.82, 2.24) is 0 Å². The molecular weight excluding hydrogens is 416 g/mol. The van der Waals surface area contributed by atoms with Gasteiger partial charge < -0.3 is 9.64 Å². The highest BCUT2D eigenvalue weighted by Gasteiger charge is 2.25. The summed E-state index contributed by atoms with van der Waals surface area (Å²) in [5, 5.41) is 1.90. The fraction of sp³-hybridized carbons (Fsp3) is 0.217. The molecule has 31 heavy (non-hydrogen) atoms. The topological polar surface area (TPSA) is 84.0 Å². The van der Waals surface area contributed by atoms with Gasteiger partial charge in [-0.05, 0) is 42.6 Å². The molecule has 7 nitrogen and oxygen atoms in total. The molecule has 0 aliphatic carbocycles. The summed E-state index contributed by atoms with van der Waals surface area (Å²) in [6, 6.07) is 19.3. The van der Waals surface area contributed by atoms with E-state index in [4.69, 9.17) is 0 Å². The van der Waals surface area contributed by atoms with Crippen LogP contribution in [0.3, 0.4) is 0 Å². The van der Waals surface area contributed by atoms with Crippen LogP contribution in [-0.2, 0) is 19.6 Å². The van der Waals surface area contributed by atoms with Crippen molar-refractivity contribution in [1.29, 1.82) is 0 Å². The molecule has 3 rings (SSSR count). The van der Waals surface area contributed by atoms with Crippen molar-refractivity contribution in [2.75, 3.05) is 35.7 Å². The molecule has 0 saturated carbocycles. The summed E-state index contributed by atoms with van der Waals surface area (Å²) in [6.45, 7) is 1.86. The first-order chi connectivity index (χ1) is 14.8. The van der Waals surface area contributed by atoms with Crippen molar-refractivity contribution < 1.29 is 22.7 Å². The largest absolute Gasteiger partial charge is 0.465 e. The molecule has 0 saturated heterocycles. The summed E-state index contributed by atoms with van der Waals surface area (Å²) in [6.07, 6.45) is 1.04. The second-order valence-corrected chi connectivity index (χ2v) is 8.85. The third-order valence-electron chi connectivity index (χ3n) is 4.93.